The van der Waals surface area contributed by atoms with Crippen molar-refractivity contribution >= 4 is 9.24 Å². The summed E-state index contributed by atoms with van der Waals surface area (Å²) in [5, 5.41) is 3.48. The van der Waals surface area contributed by atoms with Crippen molar-refractivity contribution in [2.45, 2.75) is 12.3 Å². The quantitative estimate of drug-likeness (QED) is 0.793. The van der Waals surface area contributed by atoms with Crippen LogP contribution in [0, 0.1) is 0 Å². The fourth-order valence-electron chi connectivity index (χ4n) is 1.60. The Morgan fingerprint density at radius 3 is 2.06 bits per heavy atom. The van der Waals surface area contributed by atoms with Gasteiger partial charge in [-0.1, -0.05) is 60.7 Å². The fourth-order valence-corrected chi connectivity index (χ4v) is 1.94. The maximum atomic E-state index is 3.48. The minimum absolute atomic E-state index is 0.307. The largest absolute Gasteiger partial charge is 0.303 e. The number of nitrogens with one attached hydrogen (secondary N) is 1. The molecule has 1 N–H and O–H groups in total. The van der Waals surface area contributed by atoms with Gasteiger partial charge in [-0.15, -0.1) is 9.24 Å². The lowest BCUT2D eigenvalue weighted by Gasteiger charge is -2.13. The van der Waals surface area contributed by atoms with Gasteiger partial charge in [-0.05, 0) is 11.1 Å². The molecule has 16 heavy (non-hydrogen) atoms. The molecule has 2 unspecified atom stereocenters. The van der Waals surface area contributed by atoms with Crippen LogP contribution < -0.4 is 5.32 Å². The summed E-state index contributed by atoms with van der Waals surface area (Å²) in [7, 11) is 2.83. The second kappa shape index (κ2) is 5.79. The first-order chi connectivity index (χ1) is 7.86. The van der Waals surface area contributed by atoms with Gasteiger partial charge in [0.2, 0.25) is 0 Å². The van der Waals surface area contributed by atoms with Gasteiger partial charge in [-0.3, -0.25) is 0 Å². The van der Waals surface area contributed by atoms with Crippen LogP contribution in [-0.2, 0) is 6.54 Å². The molecule has 0 aliphatic rings. The third-order valence-corrected chi connectivity index (χ3v) is 3.15. The van der Waals surface area contributed by atoms with E-state index in [9.17, 15) is 0 Å². The van der Waals surface area contributed by atoms with Crippen LogP contribution in [0.3, 0.4) is 0 Å². The summed E-state index contributed by atoms with van der Waals surface area (Å²) >= 11 is 0. The van der Waals surface area contributed by atoms with Crippen LogP contribution in [0.5, 0.6) is 0 Å². The molecule has 0 amide bonds. The summed E-state index contributed by atoms with van der Waals surface area (Å²) in [6.07, 6.45) is 0. The number of hydrogen-bond acceptors (Lipinski definition) is 1. The van der Waals surface area contributed by atoms with E-state index in [0.717, 1.165) is 6.54 Å². The summed E-state index contributed by atoms with van der Waals surface area (Å²) in [6.45, 7) is 0.893. The van der Waals surface area contributed by atoms with E-state index in [1.54, 1.807) is 0 Å². The summed E-state index contributed by atoms with van der Waals surface area (Å²) in [4.78, 5) is 0. The number of hydrogen-bond donors (Lipinski definition) is 1. The standard InChI is InChI=1S/C14H16NP/c16-14(13-9-5-2-6-10-13)15-11-12-7-3-1-4-8-12/h1-10,14-15H,11,16H2. The molecule has 0 radical (unpaired) electrons. The highest BCUT2D eigenvalue weighted by Crippen LogP contribution is 2.19. The van der Waals surface area contributed by atoms with Crippen LogP contribution in [0.25, 0.3) is 0 Å². The minimum atomic E-state index is 0.307. The van der Waals surface area contributed by atoms with E-state index in [0.29, 0.717) is 5.78 Å². The first-order valence-corrected chi connectivity index (χ1v) is 6.11. The van der Waals surface area contributed by atoms with Gasteiger partial charge in [-0.2, -0.15) is 0 Å². The van der Waals surface area contributed by atoms with E-state index < -0.39 is 0 Å². The highest BCUT2D eigenvalue weighted by atomic mass is 31.0. The zero-order chi connectivity index (χ0) is 11.2. The Hall–Kier alpha value is -1.17. The van der Waals surface area contributed by atoms with E-state index in [-0.39, 0.29) is 0 Å². The molecule has 1 nitrogen and oxygen atoms in total. The van der Waals surface area contributed by atoms with Crippen LogP contribution >= 0.6 is 9.24 Å². The molecule has 0 saturated heterocycles. The van der Waals surface area contributed by atoms with Gasteiger partial charge in [0, 0.05) is 12.3 Å². The Bertz CT molecular complexity index is 413. The third-order valence-electron chi connectivity index (χ3n) is 2.53. The lowest BCUT2D eigenvalue weighted by molar-refractivity contribution is 0.678. The molecule has 2 rings (SSSR count). The monoisotopic (exact) mass is 229 g/mol. The van der Waals surface area contributed by atoms with Crippen molar-refractivity contribution in [3.8, 4) is 0 Å². The summed E-state index contributed by atoms with van der Waals surface area (Å²) < 4.78 is 0. The maximum absolute atomic E-state index is 3.48. The van der Waals surface area contributed by atoms with Gasteiger partial charge in [-0.25, -0.2) is 0 Å². The molecule has 2 heteroatoms. The molecule has 0 aromatic heterocycles. The molecule has 0 saturated carbocycles. The zero-order valence-corrected chi connectivity index (χ0v) is 10.3. The van der Waals surface area contributed by atoms with E-state index in [1.807, 2.05) is 12.1 Å². The Kier molecular flexibility index (Phi) is 4.10. The van der Waals surface area contributed by atoms with Crippen LogP contribution in [0.4, 0.5) is 0 Å². The van der Waals surface area contributed by atoms with Crippen molar-refractivity contribution in [1.82, 2.24) is 5.32 Å². The summed E-state index contributed by atoms with van der Waals surface area (Å²) in [5.74, 6) is 0.307. The van der Waals surface area contributed by atoms with Crippen molar-refractivity contribution in [2.75, 3.05) is 0 Å². The zero-order valence-electron chi connectivity index (χ0n) is 9.14. The van der Waals surface area contributed by atoms with Crippen molar-refractivity contribution in [2.24, 2.45) is 0 Å². The van der Waals surface area contributed by atoms with Crippen LogP contribution in [-0.4, -0.2) is 0 Å². The van der Waals surface area contributed by atoms with E-state index in [2.05, 4.69) is 63.1 Å². The predicted molar refractivity (Wildman–Crippen MR) is 72.2 cm³/mol. The lowest BCUT2D eigenvalue weighted by Crippen LogP contribution is -2.15. The topological polar surface area (TPSA) is 12.0 Å². The molecule has 0 aliphatic carbocycles. The van der Waals surface area contributed by atoms with Crippen molar-refractivity contribution in [3.05, 3.63) is 71.8 Å². The van der Waals surface area contributed by atoms with Gasteiger partial charge in [0.05, 0.1) is 0 Å². The Morgan fingerprint density at radius 1 is 0.875 bits per heavy atom. The molecule has 2 aromatic carbocycles. The first kappa shape index (κ1) is 11.3. The van der Waals surface area contributed by atoms with Crippen molar-refractivity contribution in [3.63, 3.8) is 0 Å². The average molecular weight is 229 g/mol. The Balaban J connectivity index is 1.92. The molecule has 82 valence electrons. The molecular formula is C14H16NP. The van der Waals surface area contributed by atoms with Gasteiger partial charge < -0.3 is 5.32 Å². The summed E-state index contributed by atoms with van der Waals surface area (Å²) in [5.41, 5.74) is 2.61. The lowest BCUT2D eigenvalue weighted by atomic mass is 10.2. The van der Waals surface area contributed by atoms with Gasteiger partial charge in [0.15, 0.2) is 0 Å². The SMILES string of the molecule is PC(NCc1ccccc1)c1ccccc1. The second-order valence-electron chi connectivity index (χ2n) is 3.75. The molecule has 2 aromatic rings. The average Bonchev–Trinajstić information content (AvgIpc) is 2.38. The van der Waals surface area contributed by atoms with E-state index >= 15 is 0 Å². The van der Waals surface area contributed by atoms with Crippen LogP contribution in [0.15, 0.2) is 60.7 Å². The number of benzene rings is 2. The molecule has 0 fully saturated rings. The second-order valence-corrected chi connectivity index (χ2v) is 4.42. The smallest absolute Gasteiger partial charge is 0.0466 e. The first-order valence-electron chi connectivity index (χ1n) is 5.44. The Labute approximate surface area is 99.1 Å². The van der Waals surface area contributed by atoms with Crippen LogP contribution in [0.1, 0.15) is 16.9 Å². The minimum Gasteiger partial charge on any atom is -0.303 e. The van der Waals surface area contributed by atoms with Crippen LogP contribution in [0.2, 0.25) is 0 Å². The van der Waals surface area contributed by atoms with E-state index in [1.165, 1.54) is 11.1 Å². The highest BCUT2D eigenvalue weighted by Gasteiger charge is 2.03. The maximum Gasteiger partial charge on any atom is 0.0466 e. The van der Waals surface area contributed by atoms with E-state index in [4.69, 9.17) is 0 Å². The van der Waals surface area contributed by atoms with Gasteiger partial charge >= 0.3 is 0 Å². The number of rotatable bonds is 4. The third kappa shape index (κ3) is 3.16. The molecular weight excluding hydrogens is 213 g/mol. The molecule has 2 atom stereocenters. The molecule has 0 aliphatic heterocycles. The molecule has 0 heterocycles. The molecule has 0 spiro atoms. The van der Waals surface area contributed by atoms with Gasteiger partial charge in [0.1, 0.15) is 0 Å². The predicted octanol–water partition coefficient (Wildman–Crippen LogP) is 3.35. The normalized spacial score (nSPS) is 12.3. The fraction of sp³-hybridized carbons (Fsp3) is 0.143. The van der Waals surface area contributed by atoms with Crippen molar-refractivity contribution < 1.29 is 0 Å². The van der Waals surface area contributed by atoms with Crippen molar-refractivity contribution in [1.29, 1.82) is 0 Å². The molecule has 0 bridgehead atoms. The Morgan fingerprint density at radius 2 is 1.44 bits per heavy atom. The highest BCUT2D eigenvalue weighted by molar-refractivity contribution is 7.17. The summed E-state index contributed by atoms with van der Waals surface area (Å²) in [6, 6.07) is 20.9. The van der Waals surface area contributed by atoms with Gasteiger partial charge in [0.25, 0.3) is 0 Å².